The van der Waals surface area contributed by atoms with Crippen LogP contribution in [0.4, 0.5) is 13.2 Å². The Labute approximate surface area is 241 Å². The van der Waals surface area contributed by atoms with E-state index in [1.807, 2.05) is 5.38 Å². The molecule has 2 saturated heterocycles. The van der Waals surface area contributed by atoms with Crippen LogP contribution in [-0.4, -0.2) is 56.9 Å². The molecule has 2 atom stereocenters. The van der Waals surface area contributed by atoms with Gasteiger partial charge in [-0.1, -0.05) is 44.9 Å². The molecule has 0 spiro atoms. The summed E-state index contributed by atoms with van der Waals surface area (Å²) in [7, 11) is 0. The Bertz CT molecular complexity index is 1100. The third-order valence-corrected chi connectivity index (χ3v) is 9.69. The van der Waals surface area contributed by atoms with Crippen molar-refractivity contribution in [2.24, 2.45) is 11.8 Å². The molecule has 5 rings (SSSR count). The predicted octanol–water partition coefficient (Wildman–Crippen LogP) is 6.62. The van der Waals surface area contributed by atoms with E-state index in [1.165, 1.54) is 57.8 Å². The summed E-state index contributed by atoms with van der Waals surface area (Å²) in [6.07, 6.45) is 7.84. The van der Waals surface area contributed by atoms with Gasteiger partial charge in [-0.05, 0) is 49.1 Å². The van der Waals surface area contributed by atoms with Gasteiger partial charge in [-0.15, -0.1) is 16.4 Å². The maximum absolute atomic E-state index is 12.8. The molecule has 2 aliphatic heterocycles. The molecule has 2 aromatic rings. The number of likely N-dealkylation sites (tertiary alicyclic amines) is 1. The number of thiazole rings is 1. The zero-order valence-electron chi connectivity index (χ0n) is 22.6. The number of hydrogen-bond acceptors (Lipinski definition) is 7. The number of halogens is 4. The Hall–Kier alpha value is -1.76. The van der Waals surface area contributed by atoms with Gasteiger partial charge in [-0.3, -0.25) is 4.79 Å². The number of rotatable bonds is 4. The van der Waals surface area contributed by atoms with Crippen LogP contribution in [0.5, 0.6) is 0 Å². The minimum Gasteiger partial charge on any atom is -0.347 e. The largest absolute Gasteiger partial charge is 0.453 e. The molecule has 2 unspecified atom stereocenters. The molecule has 8 nitrogen and oxygen atoms in total. The fourth-order valence-corrected chi connectivity index (χ4v) is 7.16. The molecule has 1 saturated carbocycles. The van der Waals surface area contributed by atoms with Crippen molar-refractivity contribution in [3.63, 3.8) is 0 Å². The molecule has 0 bridgehead atoms. The molecule has 0 aromatic carbocycles. The van der Waals surface area contributed by atoms with Gasteiger partial charge < -0.3 is 14.4 Å². The predicted molar refractivity (Wildman–Crippen MR) is 144 cm³/mol. The molecule has 3 aliphatic rings. The van der Waals surface area contributed by atoms with Gasteiger partial charge in [-0.2, -0.15) is 18.2 Å². The second kappa shape index (κ2) is 13.5. The Kier molecular flexibility index (Phi) is 10.0. The summed E-state index contributed by atoms with van der Waals surface area (Å²) in [5.74, 6) is -0.414. The van der Waals surface area contributed by atoms with Gasteiger partial charge in [0.1, 0.15) is 12.2 Å². The first-order valence-corrected chi connectivity index (χ1v) is 15.7. The lowest BCUT2D eigenvalue weighted by Crippen LogP contribution is -2.40. The van der Waals surface area contributed by atoms with Crippen LogP contribution in [-0.2, 0) is 27.0 Å². The van der Waals surface area contributed by atoms with Gasteiger partial charge in [0.25, 0.3) is 5.82 Å². The van der Waals surface area contributed by atoms with E-state index in [0.29, 0.717) is 51.0 Å². The van der Waals surface area contributed by atoms with Crippen molar-refractivity contribution < 1.29 is 27.4 Å². The highest BCUT2D eigenvalue weighted by Gasteiger charge is 2.37. The van der Waals surface area contributed by atoms with E-state index in [1.54, 1.807) is 16.2 Å². The summed E-state index contributed by atoms with van der Waals surface area (Å²) in [5.41, 5.74) is 0.820. The van der Waals surface area contributed by atoms with Crippen LogP contribution >= 0.6 is 22.9 Å². The van der Waals surface area contributed by atoms with E-state index >= 15 is 0 Å². The van der Waals surface area contributed by atoms with Crippen molar-refractivity contribution in [2.75, 3.05) is 26.3 Å². The summed E-state index contributed by atoms with van der Waals surface area (Å²) in [6.45, 7) is 2.01. The zero-order chi connectivity index (χ0) is 28.1. The number of nitrogens with zero attached hydrogens (tertiary/aromatic N) is 5. The van der Waals surface area contributed by atoms with Crippen molar-refractivity contribution in [3.05, 3.63) is 27.2 Å². The molecule has 0 N–H and O–H groups in total. The van der Waals surface area contributed by atoms with E-state index in [2.05, 4.69) is 10.1 Å². The maximum Gasteiger partial charge on any atom is 0.453 e. The third-order valence-electron chi connectivity index (χ3n) is 8.38. The van der Waals surface area contributed by atoms with Crippen molar-refractivity contribution in [2.45, 2.75) is 95.6 Å². The van der Waals surface area contributed by atoms with E-state index in [4.69, 9.17) is 26.1 Å². The van der Waals surface area contributed by atoms with Gasteiger partial charge in [0.05, 0.1) is 18.2 Å². The number of ether oxygens (including phenoxy) is 2. The van der Waals surface area contributed by atoms with Gasteiger partial charge in [0.2, 0.25) is 17.5 Å². The second-order valence-corrected chi connectivity index (χ2v) is 12.4. The highest BCUT2D eigenvalue weighted by atomic mass is 35.5. The fraction of sp³-hybridized carbons (Fsp3) is 0.778. The minimum absolute atomic E-state index is 0.200. The lowest BCUT2D eigenvalue weighted by atomic mass is 9.85. The molecule has 2 aromatic heterocycles. The topological polar surface area (TPSA) is 82.4 Å². The molecule has 1 aliphatic carbocycles. The Morgan fingerprint density at radius 3 is 2.12 bits per heavy atom. The summed E-state index contributed by atoms with van der Waals surface area (Å²) >= 11 is 7.37. The van der Waals surface area contributed by atoms with Gasteiger partial charge in [-0.25, -0.2) is 9.67 Å². The Balaban J connectivity index is 1.13. The monoisotopic (exact) mass is 603 g/mol. The summed E-state index contributed by atoms with van der Waals surface area (Å²) in [5, 5.41) is 5.92. The SMILES string of the molecule is O=C(Cn1nc(C(F)(F)F)nc1Cl)N1CCC(c2nc(C3OCC4CCCCCCCCCC4CO3)cs2)CC1. The van der Waals surface area contributed by atoms with Crippen LogP contribution in [0.25, 0.3) is 0 Å². The van der Waals surface area contributed by atoms with Crippen LogP contribution < -0.4 is 0 Å². The maximum atomic E-state index is 12.8. The molecular weight excluding hydrogens is 567 g/mol. The number of piperidine rings is 1. The summed E-state index contributed by atoms with van der Waals surface area (Å²) in [6, 6.07) is 0. The first kappa shape index (κ1) is 29.7. The molecule has 40 heavy (non-hydrogen) atoms. The number of carbonyl (C=O) groups is 1. The number of aromatic nitrogens is 4. The molecule has 13 heteroatoms. The van der Waals surface area contributed by atoms with E-state index < -0.39 is 23.6 Å². The van der Waals surface area contributed by atoms with Crippen molar-refractivity contribution in [1.82, 2.24) is 24.6 Å². The van der Waals surface area contributed by atoms with E-state index in [-0.39, 0.29) is 18.4 Å². The lowest BCUT2D eigenvalue weighted by molar-refractivity contribution is -0.145. The molecular formula is C27H37ClF3N5O3S. The van der Waals surface area contributed by atoms with E-state index in [0.717, 1.165) is 15.4 Å². The normalized spacial score (nSPS) is 26.1. The van der Waals surface area contributed by atoms with Gasteiger partial charge >= 0.3 is 6.18 Å². The van der Waals surface area contributed by atoms with Crippen molar-refractivity contribution in [3.8, 4) is 0 Å². The van der Waals surface area contributed by atoms with Gasteiger partial charge in [0.15, 0.2) is 0 Å². The average molecular weight is 604 g/mol. The number of fused-ring (bicyclic) bond motifs is 1. The number of amides is 1. The van der Waals surface area contributed by atoms with Crippen molar-refractivity contribution in [1.29, 1.82) is 0 Å². The quantitative estimate of drug-likeness (QED) is 0.391. The molecule has 0 radical (unpaired) electrons. The number of alkyl halides is 3. The molecule has 4 heterocycles. The lowest BCUT2D eigenvalue weighted by Gasteiger charge is -2.31. The van der Waals surface area contributed by atoms with Crippen LogP contribution in [0.15, 0.2) is 5.38 Å². The third kappa shape index (κ3) is 7.54. The minimum atomic E-state index is -4.72. The Morgan fingerprint density at radius 2 is 1.55 bits per heavy atom. The number of hydrogen-bond donors (Lipinski definition) is 0. The summed E-state index contributed by atoms with van der Waals surface area (Å²) in [4.78, 5) is 22.5. The molecule has 1 amide bonds. The highest BCUT2D eigenvalue weighted by Crippen LogP contribution is 2.36. The van der Waals surface area contributed by atoms with Crippen LogP contribution in [0.3, 0.4) is 0 Å². The van der Waals surface area contributed by atoms with Crippen LogP contribution in [0.1, 0.15) is 99.4 Å². The van der Waals surface area contributed by atoms with Crippen LogP contribution in [0.2, 0.25) is 5.28 Å². The second-order valence-electron chi connectivity index (χ2n) is 11.2. The zero-order valence-corrected chi connectivity index (χ0v) is 24.2. The average Bonchev–Trinajstić information content (AvgIpc) is 3.50. The van der Waals surface area contributed by atoms with Crippen molar-refractivity contribution >= 4 is 28.8 Å². The summed E-state index contributed by atoms with van der Waals surface area (Å²) < 4.78 is 51.9. The number of carbonyl (C=O) groups excluding carboxylic acids is 1. The standard InChI is InChI=1S/C27H37ClF3N5O3S/c28-26-33-25(27(29,30)31)34-36(26)14-22(37)35-12-10-18(11-13-35)23-32-21(17-40-23)24-38-15-19-8-6-4-2-1-3-5-7-9-20(19)16-39-24/h17-20,24H,1-16H2. The van der Waals surface area contributed by atoms with E-state index in [9.17, 15) is 18.0 Å². The molecule has 3 fully saturated rings. The first-order chi connectivity index (χ1) is 19.3. The fourth-order valence-electron chi connectivity index (χ4n) is 5.99. The smallest absolute Gasteiger partial charge is 0.347 e. The first-order valence-electron chi connectivity index (χ1n) is 14.4. The van der Waals surface area contributed by atoms with Crippen LogP contribution in [0, 0.1) is 11.8 Å². The highest BCUT2D eigenvalue weighted by molar-refractivity contribution is 7.09. The molecule has 222 valence electrons. The Morgan fingerprint density at radius 1 is 0.950 bits per heavy atom. The van der Waals surface area contributed by atoms with Gasteiger partial charge in [0, 0.05) is 24.4 Å².